The molecule has 1 amide bonds. The summed E-state index contributed by atoms with van der Waals surface area (Å²) in [6, 6.07) is 15.9. The number of nitrogens with one attached hydrogen (secondary N) is 1. The summed E-state index contributed by atoms with van der Waals surface area (Å²) in [6.07, 6.45) is 2.47. The third-order valence-corrected chi connectivity index (χ3v) is 5.30. The molecule has 1 aliphatic heterocycles. The topological polar surface area (TPSA) is 76.8 Å². The first-order valence-corrected chi connectivity index (χ1v) is 10.5. The lowest BCUT2D eigenvalue weighted by atomic mass is 10.2. The highest BCUT2D eigenvalue weighted by Crippen LogP contribution is 2.23. The Morgan fingerprint density at radius 2 is 1.84 bits per heavy atom. The monoisotopic (exact) mass is 421 g/mol. The fraction of sp³-hybridized carbons (Fsp3) is 0.333. The van der Waals surface area contributed by atoms with Gasteiger partial charge in [0.25, 0.3) is 0 Å². The lowest BCUT2D eigenvalue weighted by molar-refractivity contribution is -0.121. The predicted octanol–water partition coefficient (Wildman–Crippen LogP) is 3.44. The van der Waals surface area contributed by atoms with Gasteiger partial charge in [-0.15, -0.1) is 0 Å². The highest BCUT2D eigenvalue weighted by molar-refractivity contribution is 5.76. The lowest BCUT2D eigenvalue weighted by Gasteiger charge is -2.28. The Hall–Kier alpha value is -3.32. The quantitative estimate of drug-likeness (QED) is 0.601. The molecule has 1 aromatic heterocycles. The molecular formula is C24H27N3O4. The molecule has 1 N–H and O–H groups in total. The van der Waals surface area contributed by atoms with E-state index in [1.165, 1.54) is 5.69 Å². The van der Waals surface area contributed by atoms with Gasteiger partial charge in [0.15, 0.2) is 11.7 Å². The van der Waals surface area contributed by atoms with Crippen molar-refractivity contribution in [3.8, 4) is 17.1 Å². The zero-order chi connectivity index (χ0) is 21.5. The van der Waals surface area contributed by atoms with Crippen LogP contribution in [0.3, 0.4) is 0 Å². The average molecular weight is 421 g/mol. The first-order valence-electron chi connectivity index (χ1n) is 10.5. The van der Waals surface area contributed by atoms with Crippen molar-refractivity contribution in [1.29, 1.82) is 0 Å². The minimum absolute atomic E-state index is 0.0264. The van der Waals surface area contributed by atoms with Gasteiger partial charge in [0.1, 0.15) is 5.75 Å². The Kier molecular flexibility index (Phi) is 6.84. The minimum Gasteiger partial charge on any atom is -0.497 e. The van der Waals surface area contributed by atoms with Gasteiger partial charge < -0.3 is 24.1 Å². The predicted molar refractivity (Wildman–Crippen MR) is 118 cm³/mol. The fourth-order valence-electron chi connectivity index (χ4n) is 3.47. The summed E-state index contributed by atoms with van der Waals surface area (Å²) in [4.78, 5) is 18.8. The first kappa shape index (κ1) is 20.9. The van der Waals surface area contributed by atoms with E-state index in [0.29, 0.717) is 31.0 Å². The highest BCUT2D eigenvalue weighted by atomic mass is 16.5. The third-order valence-electron chi connectivity index (χ3n) is 5.30. The van der Waals surface area contributed by atoms with E-state index in [9.17, 15) is 4.79 Å². The van der Waals surface area contributed by atoms with Crippen molar-refractivity contribution in [3.05, 3.63) is 66.2 Å². The zero-order valence-corrected chi connectivity index (χ0v) is 17.7. The van der Waals surface area contributed by atoms with E-state index >= 15 is 0 Å². The van der Waals surface area contributed by atoms with Gasteiger partial charge in [-0.1, -0.05) is 12.1 Å². The van der Waals surface area contributed by atoms with Crippen molar-refractivity contribution in [2.45, 2.75) is 19.4 Å². The second-order valence-corrected chi connectivity index (χ2v) is 7.39. The maximum absolute atomic E-state index is 12.2. The molecule has 162 valence electrons. The van der Waals surface area contributed by atoms with Crippen molar-refractivity contribution in [2.24, 2.45) is 0 Å². The molecule has 2 aromatic carbocycles. The van der Waals surface area contributed by atoms with Crippen LogP contribution in [0.1, 0.15) is 17.9 Å². The number of methoxy groups -OCH3 is 1. The number of carbonyl (C=O) groups is 1. The van der Waals surface area contributed by atoms with Crippen LogP contribution in [-0.2, 0) is 22.5 Å². The molecular weight excluding hydrogens is 394 g/mol. The van der Waals surface area contributed by atoms with E-state index in [0.717, 1.165) is 43.2 Å². The Bertz CT molecular complexity index is 977. The molecule has 1 fully saturated rings. The van der Waals surface area contributed by atoms with Crippen molar-refractivity contribution in [1.82, 2.24) is 10.3 Å². The summed E-state index contributed by atoms with van der Waals surface area (Å²) >= 11 is 0. The average Bonchev–Trinajstić information content (AvgIpc) is 3.31. The maximum atomic E-state index is 12.2. The van der Waals surface area contributed by atoms with Gasteiger partial charge >= 0.3 is 0 Å². The van der Waals surface area contributed by atoms with Crippen molar-refractivity contribution in [3.63, 3.8) is 0 Å². The molecule has 2 heterocycles. The van der Waals surface area contributed by atoms with E-state index < -0.39 is 0 Å². The zero-order valence-electron chi connectivity index (χ0n) is 17.7. The van der Waals surface area contributed by atoms with E-state index in [1.54, 1.807) is 13.3 Å². The Labute approximate surface area is 182 Å². The van der Waals surface area contributed by atoms with Crippen LogP contribution < -0.4 is 15.0 Å². The number of amides is 1. The lowest BCUT2D eigenvalue weighted by Crippen LogP contribution is -2.36. The SMILES string of the molecule is COc1ccc(-c2cnc(CCC(=O)NCc3ccc(N4CCOCC4)cc3)o2)cc1. The van der Waals surface area contributed by atoms with Crippen LogP contribution in [0.2, 0.25) is 0 Å². The molecule has 4 rings (SSSR count). The van der Waals surface area contributed by atoms with E-state index in [2.05, 4.69) is 39.5 Å². The molecule has 3 aromatic rings. The van der Waals surface area contributed by atoms with Crippen LogP contribution >= 0.6 is 0 Å². The molecule has 1 saturated heterocycles. The van der Waals surface area contributed by atoms with Gasteiger partial charge in [0.2, 0.25) is 5.91 Å². The third kappa shape index (κ3) is 5.64. The number of morpholine rings is 1. The number of aromatic nitrogens is 1. The molecule has 0 unspecified atom stereocenters. The largest absolute Gasteiger partial charge is 0.497 e. The van der Waals surface area contributed by atoms with Crippen LogP contribution in [0, 0.1) is 0 Å². The Morgan fingerprint density at radius 1 is 1.10 bits per heavy atom. The minimum atomic E-state index is -0.0264. The number of nitrogens with zero attached hydrogens (tertiary/aromatic N) is 2. The van der Waals surface area contributed by atoms with Crippen LogP contribution in [0.5, 0.6) is 5.75 Å². The second-order valence-electron chi connectivity index (χ2n) is 7.39. The summed E-state index contributed by atoms with van der Waals surface area (Å²) in [6.45, 7) is 3.87. The number of anilines is 1. The molecule has 7 heteroatoms. The Balaban J connectivity index is 1.22. The number of oxazole rings is 1. The molecule has 0 spiro atoms. The summed E-state index contributed by atoms with van der Waals surface area (Å²) < 4.78 is 16.3. The van der Waals surface area contributed by atoms with Gasteiger partial charge in [-0.2, -0.15) is 0 Å². The molecule has 0 bridgehead atoms. The number of hydrogen-bond donors (Lipinski definition) is 1. The fourth-order valence-corrected chi connectivity index (χ4v) is 3.47. The van der Waals surface area contributed by atoms with Gasteiger partial charge in [0, 0.05) is 43.7 Å². The van der Waals surface area contributed by atoms with Gasteiger partial charge in [-0.05, 0) is 42.0 Å². The Morgan fingerprint density at radius 3 is 2.55 bits per heavy atom. The van der Waals surface area contributed by atoms with Crippen LogP contribution in [0.25, 0.3) is 11.3 Å². The van der Waals surface area contributed by atoms with E-state index in [1.807, 2.05) is 24.3 Å². The smallest absolute Gasteiger partial charge is 0.220 e. The summed E-state index contributed by atoms with van der Waals surface area (Å²) in [5.41, 5.74) is 3.18. The van der Waals surface area contributed by atoms with E-state index in [-0.39, 0.29) is 5.91 Å². The first-order chi connectivity index (χ1) is 15.2. The molecule has 0 aliphatic carbocycles. The summed E-state index contributed by atoms with van der Waals surface area (Å²) in [7, 11) is 1.63. The number of rotatable bonds is 8. The molecule has 0 radical (unpaired) electrons. The molecule has 0 saturated carbocycles. The second kappa shape index (κ2) is 10.1. The molecule has 31 heavy (non-hydrogen) atoms. The number of hydrogen-bond acceptors (Lipinski definition) is 6. The maximum Gasteiger partial charge on any atom is 0.220 e. The normalized spacial score (nSPS) is 13.8. The summed E-state index contributed by atoms with van der Waals surface area (Å²) in [5, 5.41) is 2.96. The van der Waals surface area contributed by atoms with Gasteiger partial charge in [-0.3, -0.25) is 4.79 Å². The molecule has 1 aliphatic rings. The number of aryl methyl sites for hydroxylation is 1. The van der Waals surface area contributed by atoms with Gasteiger partial charge in [0.05, 0.1) is 26.5 Å². The number of ether oxygens (including phenoxy) is 2. The molecule has 0 atom stereocenters. The molecule has 7 nitrogen and oxygen atoms in total. The van der Waals surface area contributed by atoms with Gasteiger partial charge in [-0.25, -0.2) is 4.98 Å². The van der Waals surface area contributed by atoms with Crippen molar-refractivity contribution >= 4 is 11.6 Å². The van der Waals surface area contributed by atoms with Crippen molar-refractivity contribution < 1.29 is 18.7 Å². The van der Waals surface area contributed by atoms with E-state index in [4.69, 9.17) is 13.9 Å². The van der Waals surface area contributed by atoms with Crippen molar-refractivity contribution in [2.75, 3.05) is 38.3 Å². The number of carbonyl (C=O) groups excluding carboxylic acids is 1. The van der Waals surface area contributed by atoms with Crippen LogP contribution in [0.4, 0.5) is 5.69 Å². The van der Waals surface area contributed by atoms with Crippen LogP contribution in [0.15, 0.2) is 59.1 Å². The standard InChI is InChI=1S/C24H27N3O4/c1-29-21-8-4-19(5-9-21)22-17-26-24(31-22)11-10-23(28)25-16-18-2-6-20(7-3-18)27-12-14-30-15-13-27/h2-9,17H,10-16H2,1H3,(H,25,28). The summed E-state index contributed by atoms with van der Waals surface area (Å²) in [5.74, 6) is 1.99. The highest BCUT2D eigenvalue weighted by Gasteiger charge is 2.12. The van der Waals surface area contributed by atoms with Crippen LogP contribution in [-0.4, -0.2) is 44.3 Å². The number of benzene rings is 2.